The number of carboxylic acid groups (broad SMARTS) is 1. The van der Waals surface area contributed by atoms with Crippen molar-refractivity contribution in [2.24, 2.45) is 11.7 Å². The highest BCUT2D eigenvalue weighted by molar-refractivity contribution is 5.89. The van der Waals surface area contributed by atoms with Gasteiger partial charge in [-0.1, -0.05) is 42.5 Å². The molecule has 1 amide bonds. The summed E-state index contributed by atoms with van der Waals surface area (Å²) in [5.41, 5.74) is 8.75. The number of nitrogens with two attached hydrogens (primary N) is 1. The summed E-state index contributed by atoms with van der Waals surface area (Å²) in [5, 5.41) is 9.03. The summed E-state index contributed by atoms with van der Waals surface area (Å²) in [4.78, 5) is 24.6. The van der Waals surface area contributed by atoms with Crippen LogP contribution in [0.15, 0.2) is 54.6 Å². The number of carbonyl (C=O) groups excluding carboxylic acids is 1. The van der Waals surface area contributed by atoms with Crippen molar-refractivity contribution < 1.29 is 19.4 Å². The van der Waals surface area contributed by atoms with Gasteiger partial charge >= 0.3 is 12.1 Å². The van der Waals surface area contributed by atoms with E-state index < -0.39 is 6.09 Å². The molecular formula is C21H24N2O4. The van der Waals surface area contributed by atoms with Crippen LogP contribution in [0.2, 0.25) is 0 Å². The molecule has 0 radical (unpaired) electrons. The Balaban J connectivity index is 1.55. The molecule has 0 aromatic heterocycles. The fourth-order valence-electron chi connectivity index (χ4n) is 3.37. The van der Waals surface area contributed by atoms with E-state index in [0.717, 1.165) is 24.0 Å². The van der Waals surface area contributed by atoms with E-state index in [4.69, 9.17) is 15.6 Å². The van der Waals surface area contributed by atoms with Gasteiger partial charge in [0.1, 0.15) is 6.61 Å². The summed E-state index contributed by atoms with van der Waals surface area (Å²) in [6, 6.07) is 16.5. The fourth-order valence-corrected chi connectivity index (χ4v) is 3.37. The van der Waals surface area contributed by atoms with Crippen LogP contribution in [0, 0.1) is 5.92 Å². The first kappa shape index (κ1) is 18.9. The zero-order chi connectivity index (χ0) is 19.2. The number of nitrogens with zero attached hydrogens (tertiary/aromatic N) is 1. The van der Waals surface area contributed by atoms with E-state index in [-0.39, 0.29) is 24.5 Å². The van der Waals surface area contributed by atoms with Crippen LogP contribution in [0.3, 0.4) is 0 Å². The quantitative estimate of drug-likeness (QED) is 0.789. The molecule has 27 heavy (non-hydrogen) atoms. The summed E-state index contributed by atoms with van der Waals surface area (Å²) < 4.78 is 5.33. The first-order chi connectivity index (χ1) is 13.0. The van der Waals surface area contributed by atoms with Gasteiger partial charge in [0.05, 0.1) is 5.56 Å². The number of carbonyl (C=O) groups is 2. The van der Waals surface area contributed by atoms with Gasteiger partial charge in [-0.15, -0.1) is 0 Å². The van der Waals surface area contributed by atoms with E-state index in [1.165, 1.54) is 4.90 Å². The van der Waals surface area contributed by atoms with Crippen molar-refractivity contribution in [3.63, 3.8) is 0 Å². The monoisotopic (exact) mass is 368 g/mol. The van der Waals surface area contributed by atoms with Gasteiger partial charge < -0.3 is 20.5 Å². The normalized spacial score (nSPS) is 16.0. The summed E-state index contributed by atoms with van der Waals surface area (Å²) in [6.45, 7) is 1.26. The summed E-state index contributed by atoms with van der Waals surface area (Å²) in [5.74, 6) is -0.134. The summed E-state index contributed by atoms with van der Waals surface area (Å²) in [7, 11) is 0. The van der Waals surface area contributed by atoms with Gasteiger partial charge in [-0.25, -0.2) is 9.59 Å². The van der Waals surface area contributed by atoms with Crippen molar-refractivity contribution in [1.29, 1.82) is 0 Å². The molecule has 0 aliphatic carbocycles. The standard InChI is InChI=1S/C21H24N2O4/c22-19(17-10-12-23(13-11-17)21(25)26)16-6-8-18(9-7-16)20(24)27-14-15-4-2-1-3-5-15/h1-9,17,19H,10-14,22H2,(H,25,26). The van der Waals surface area contributed by atoms with Gasteiger partial charge in [0.2, 0.25) is 0 Å². The lowest BCUT2D eigenvalue weighted by Gasteiger charge is -2.33. The molecule has 3 rings (SSSR count). The molecule has 142 valence electrons. The van der Waals surface area contributed by atoms with Gasteiger partial charge in [0, 0.05) is 19.1 Å². The van der Waals surface area contributed by atoms with Crippen LogP contribution in [0.25, 0.3) is 0 Å². The van der Waals surface area contributed by atoms with Gasteiger partial charge in [0.25, 0.3) is 0 Å². The number of ether oxygens (including phenoxy) is 1. The number of amides is 1. The molecule has 1 aliphatic heterocycles. The van der Waals surface area contributed by atoms with Crippen LogP contribution >= 0.6 is 0 Å². The highest BCUT2D eigenvalue weighted by Crippen LogP contribution is 2.29. The van der Waals surface area contributed by atoms with Gasteiger partial charge in [-0.2, -0.15) is 0 Å². The molecule has 1 unspecified atom stereocenters. The van der Waals surface area contributed by atoms with E-state index in [1.807, 2.05) is 42.5 Å². The van der Waals surface area contributed by atoms with Crippen LogP contribution in [-0.2, 0) is 11.3 Å². The molecule has 1 fully saturated rings. The van der Waals surface area contributed by atoms with Crippen molar-refractivity contribution in [1.82, 2.24) is 4.90 Å². The molecule has 0 spiro atoms. The predicted molar refractivity (Wildman–Crippen MR) is 101 cm³/mol. The van der Waals surface area contributed by atoms with E-state index in [1.54, 1.807) is 12.1 Å². The Kier molecular flexibility index (Phi) is 6.08. The van der Waals surface area contributed by atoms with E-state index in [2.05, 4.69) is 0 Å². The topological polar surface area (TPSA) is 92.9 Å². The first-order valence-corrected chi connectivity index (χ1v) is 9.09. The zero-order valence-corrected chi connectivity index (χ0v) is 15.1. The molecular weight excluding hydrogens is 344 g/mol. The average Bonchev–Trinajstić information content (AvgIpc) is 2.72. The molecule has 0 bridgehead atoms. The molecule has 1 saturated heterocycles. The lowest BCUT2D eigenvalue weighted by atomic mass is 9.86. The molecule has 0 saturated carbocycles. The molecule has 2 aromatic carbocycles. The zero-order valence-electron chi connectivity index (χ0n) is 15.1. The fraction of sp³-hybridized carbons (Fsp3) is 0.333. The highest BCUT2D eigenvalue weighted by Gasteiger charge is 2.27. The summed E-state index contributed by atoms with van der Waals surface area (Å²) >= 11 is 0. The minimum atomic E-state index is -0.875. The van der Waals surface area contributed by atoms with Gasteiger partial charge in [-0.3, -0.25) is 0 Å². The number of likely N-dealkylation sites (tertiary alicyclic amines) is 1. The highest BCUT2D eigenvalue weighted by atomic mass is 16.5. The molecule has 6 heteroatoms. The van der Waals surface area contributed by atoms with E-state index in [9.17, 15) is 9.59 Å². The number of hydrogen-bond donors (Lipinski definition) is 2. The second kappa shape index (κ2) is 8.68. The Hall–Kier alpha value is -2.86. The number of hydrogen-bond acceptors (Lipinski definition) is 4. The van der Waals surface area contributed by atoms with Crippen LogP contribution in [0.1, 0.15) is 40.4 Å². The van der Waals surface area contributed by atoms with Crippen molar-refractivity contribution in [3.8, 4) is 0 Å². The Morgan fingerprint density at radius 3 is 2.30 bits per heavy atom. The van der Waals surface area contributed by atoms with Crippen molar-refractivity contribution in [2.75, 3.05) is 13.1 Å². The molecule has 3 N–H and O–H groups in total. The van der Waals surface area contributed by atoms with Crippen molar-refractivity contribution in [3.05, 3.63) is 71.3 Å². The Morgan fingerprint density at radius 2 is 1.70 bits per heavy atom. The number of benzene rings is 2. The minimum Gasteiger partial charge on any atom is -0.465 e. The van der Waals surface area contributed by atoms with Crippen LogP contribution in [0.5, 0.6) is 0 Å². The third-order valence-electron chi connectivity index (χ3n) is 5.06. The molecule has 1 heterocycles. The van der Waals surface area contributed by atoms with Crippen LogP contribution in [0.4, 0.5) is 4.79 Å². The van der Waals surface area contributed by atoms with Crippen LogP contribution < -0.4 is 5.73 Å². The Bertz CT molecular complexity index is 769. The first-order valence-electron chi connectivity index (χ1n) is 9.09. The van der Waals surface area contributed by atoms with Gasteiger partial charge in [-0.05, 0) is 42.0 Å². The lowest BCUT2D eigenvalue weighted by Crippen LogP contribution is -2.40. The maximum atomic E-state index is 12.2. The minimum absolute atomic E-state index is 0.171. The number of esters is 1. The maximum absolute atomic E-state index is 12.2. The van der Waals surface area contributed by atoms with Crippen molar-refractivity contribution >= 4 is 12.1 Å². The summed E-state index contributed by atoms with van der Waals surface area (Å²) in [6.07, 6.45) is 0.614. The smallest absolute Gasteiger partial charge is 0.407 e. The third-order valence-corrected chi connectivity index (χ3v) is 5.06. The van der Waals surface area contributed by atoms with E-state index in [0.29, 0.717) is 18.7 Å². The van der Waals surface area contributed by atoms with Crippen LogP contribution in [-0.4, -0.2) is 35.2 Å². The second-order valence-electron chi connectivity index (χ2n) is 6.82. The second-order valence-corrected chi connectivity index (χ2v) is 6.82. The number of piperidine rings is 1. The SMILES string of the molecule is NC(c1ccc(C(=O)OCc2ccccc2)cc1)C1CCN(C(=O)O)CC1. The van der Waals surface area contributed by atoms with E-state index >= 15 is 0 Å². The molecule has 1 atom stereocenters. The third kappa shape index (κ3) is 4.86. The van der Waals surface area contributed by atoms with Gasteiger partial charge in [0.15, 0.2) is 0 Å². The molecule has 1 aliphatic rings. The lowest BCUT2D eigenvalue weighted by molar-refractivity contribution is 0.0472. The maximum Gasteiger partial charge on any atom is 0.407 e. The van der Waals surface area contributed by atoms with Crippen molar-refractivity contribution in [2.45, 2.75) is 25.5 Å². The Labute approximate surface area is 158 Å². The molecule has 2 aromatic rings. The predicted octanol–water partition coefficient (Wildman–Crippen LogP) is 3.43. The molecule has 6 nitrogen and oxygen atoms in total. The number of rotatable bonds is 5. The largest absolute Gasteiger partial charge is 0.465 e. The Morgan fingerprint density at radius 1 is 1.07 bits per heavy atom. The average molecular weight is 368 g/mol.